The summed E-state index contributed by atoms with van der Waals surface area (Å²) >= 11 is 0. The molecule has 0 saturated heterocycles. The van der Waals surface area contributed by atoms with Crippen molar-refractivity contribution in [1.82, 2.24) is 4.98 Å². The van der Waals surface area contributed by atoms with Gasteiger partial charge in [0, 0.05) is 5.39 Å². The van der Waals surface area contributed by atoms with Crippen LogP contribution in [0.4, 0.5) is 4.39 Å². The molecular formula is C16H12FNO3S. The van der Waals surface area contributed by atoms with Crippen LogP contribution in [0.2, 0.25) is 0 Å². The van der Waals surface area contributed by atoms with Gasteiger partial charge in [-0.05, 0) is 24.3 Å². The van der Waals surface area contributed by atoms with Gasteiger partial charge in [0.05, 0.1) is 18.2 Å². The first kappa shape index (κ1) is 14.5. The van der Waals surface area contributed by atoms with Crippen molar-refractivity contribution < 1.29 is 17.5 Å². The summed E-state index contributed by atoms with van der Waals surface area (Å²) in [4.78, 5) is 3.99. The minimum absolute atomic E-state index is 0.0753. The first-order chi connectivity index (χ1) is 10.6. The fraction of sp³-hybridized carbons (Fsp3) is 0.0625. The molecule has 3 aromatic rings. The van der Waals surface area contributed by atoms with Gasteiger partial charge in [0.1, 0.15) is 22.0 Å². The molecule has 0 unspecified atom stereocenters. The molecule has 1 heterocycles. The van der Waals surface area contributed by atoms with E-state index in [-0.39, 0.29) is 21.1 Å². The average molecular weight is 317 g/mol. The summed E-state index contributed by atoms with van der Waals surface area (Å²) in [6, 6.07) is 12.3. The smallest absolute Gasteiger partial charge is 0.211 e. The third kappa shape index (κ3) is 2.21. The van der Waals surface area contributed by atoms with E-state index in [9.17, 15) is 12.8 Å². The molecule has 0 bridgehead atoms. The van der Waals surface area contributed by atoms with Crippen molar-refractivity contribution in [2.45, 2.75) is 9.79 Å². The van der Waals surface area contributed by atoms with Crippen LogP contribution in [0.15, 0.2) is 64.5 Å². The molecule has 6 heteroatoms. The van der Waals surface area contributed by atoms with Crippen LogP contribution < -0.4 is 4.74 Å². The normalized spacial score (nSPS) is 11.5. The van der Waals surface area contributed by atoms with Gasteiger partial charge in [-0.25, -0.2) is 12.8 Å². The molecule has 1 aromatic heterocycles. The number of pyridine rings is 1. The molecule has 0 spiro atoms. The van der Waals surface area contributed by atoms with Gasteiger partial charge >= 0.3 is 0 Å². The molecule has 0 aliphatic heterocycles. The number of sulfone groups is 1. The molecule has 4 nitrogen and oxygen atoms in total. The van der Waals surface area contributed by atoms with Crippen LogP contribution in [0, 0.1) is 5.82 Å². The first-order valence-electron chi connectivity index (χ1n) is 6.47. The maximum absolute atomic E-state index is 13.8. The highest BCUT2D eigenvalue weighted by Gasteiger charge is 2.24. The summed E-state index contributed by atoms with van der Waals surface area (Å²) in [7, 11) is -2.45. The zero-order chi connectivity index (χ0) is 15.7. The first-order valence-corrected chi connectivity index (χ1v) is 7.95. The van der Waals surface area contributed by atoms with Gasteiger partial charge < -0.3 is 4.74 Å². The van der Waals surface area contributed by atoms with Crippen LogP contribution >= 0.6 is 0 Å². The zero-order valence-electron chi connectivity index (χ0n) is 11.7. The molecule has 0 radical (unpaired) electrons. The Morgan fingerprint density at radius 1 is 1.05 bits per heavy atom. The number of methoxy groups -OCH3 is 1. The Labute approximate surface area is 127 Å². The van der Waals surface area contributed by atoms with E-state index in [0.717, 1.165) is 6.20 Å². The van der Waals surface area contributed by atoms with Gasteiger partial charge in [0.2, 0.25) is 9.84 Å². The predicted octanol–water partition coefficient (Wildman–Crippen LogP) is 3.22. The largest absolute Gasteiger partial charge is 0.495 e. The number of rotatable bonds is 3. The molecule has 0 saturated carbocycles. The van der Waals surface area contributed by atoms with Gasteiger partial charge in [-0.15, -0.1) is 0 Å². The van der Waals surface area contributed by atoms with E-state index in [4.69, 9.17) is 4.74 Å². The van der Waals surface area contributed by atoms with E-state index < -0.39 is 15.7 Å². The lowest BCUT2D eigenvalue weighted by atomic mass is 10.2. The van der Waals surface area contributed by atoms with Crippen molar-refractivity contribution in [3.05, 3.63) is 60.5 Å². The lowest BCUT2D eigenvalue weighted by Gasteiger charge is -2.12. The minimum Gasteiger partial charge on any atom is -0.495 e. The molecule has 2 aromatic carbocycles. The van der Waals surface area contributed by atoms with E-state index in [1.165, 1.54) is 31.4 Å². The van der Waals surface area contributed by atoms with E-state index in [1.54, 1.807) is 24.3 Å². The number of hydrogen-bond acceptors (Lipinski definition) is 4. The molecule has 0 amide bonds. The van der Waals surface area contributed by atoms with Crippen LogP contribution in [0.3, 0.4) is 0 Å². The second-order valence-corrected chi connectivity index (χ2v) is 6.53. The Morgan fingerprint density at radius 3 is 2.45 bits per heavy atom. The number of fused-ring (bicyclic) bond motifs is 1. The van der Waals surface area contributed by atoms with Gasteiger partial charge in [-0.3, -0.25) is 4.98 Å². The molecule has 0 fully saturated rings. The summed E-state index contributed by atoms with van der Waals surface area (Å²) in [5, 5.41) is 0.319. The lowest BCUT2D eigenvalue weighted by molar-refractivity contribution is 0.407. The second kappa shape index (κ2) is 5.38. The Bertz CT molecular complexity index is 940. The Morgan fingerprint density at radius 2 is 1.77 bits per heavy atom. The summed E-state index contributed by atoms with van der Waals surface area (Å²) < 4.78 is 44.5. The summed E-state index contributed by atoms with van der Waals surface area (Å²) in [5.41, 5.74) is 0.0753. The van der Waals surface area contributed by atoms with E-state index in [1.807, 2.05) is 0 Å². The monoisotopic (exact) mass is 317 g/mol. The molecule has 112 valence electrons. The summed E-state index contributed by atoms with van der Waals surface area (Å²) in [6.07, 6.45) is 1.13. The van der Waals surface area contributed by atoms with Gasteiger partial charge in [0.25, 0.3) is 0 Å². The van der Waals surface area contributed by atoms with Gasteiger partial charge in [-0.1, -0.05) is 24.3 Å². The average Bonchev–Trinajstić information content (AvgIpc) is 2.55. The zero-order valence-corrected chi connectivity index (χ0v) is 12.5. The van der Waals surface area contributed by atoms with Crippen molar-refractivity contribution in [1.29, 1.82) is 0 Å². The minimum atomic E-state index is -3.80. The van der Waals surface area contributed by atoms with Crippen LogP contribution in [0.1, 0.15) is 0 Å². The Kier molecular flexibility index (Phi) is 3.54. The van der Waals surface area contributed by atoms with E-state index >= 15 is 0 Å². The maximum Gasteiger partial charge on any atom is 0.211 e. The number of hydrogen-bond donors (Lipinski definition) is 0. The predicted molar refractivity (Wildman–Crippen MR) is 80.1 cm³/mol. The highest BCUT2D eigenvalue weighted by Crippen LogP contribution is 2.35. The lowest BCUT2D eigenvalue weighted by Crippen LogP contribution is -2.06. The van der Waals surface area contributed by atoms with E-state index in [0.29, 0.717) is 5.39 Å². The van der Waals surface area contributed by atoms with Crippen molar-refractivity contribution in [3.8, 4) is 5.75 Å². The third-order valence-corrected chi connectivity index (χ3v) is 5.08. The number of para-hydroxylation sites is 1. The Balaban J connectivity index is 2.33. The number of nitrogens with zero attached hydrogens (tertiary/aromatic N) is 1. The third-order valence-electron chi connectivity index (χ3n) is 3.31. The maximum atomic E-state index is 13.8. The van der Waals surface area contributed by atoms with Gasteiger partial charge in [-0.2, -0.15) is 0 Å². The van der Waals surface area contributed by atoms with Crippen molar-refractivity contribution in [2.75, 3.05) is 7.11 Å². The van der Waals surface area contributed by atoms with Crippen molar-refractivity contribution in [3.63, 3.8) is 0 Å². The fourth-order valence-corrected chi connectivity index (χ4v) is 3.67. The van der Waals surface area contributed by atoms with Crippen LogP contribution in [0.25, 0.3) is 10.9 Å². The molecule has 0 aliphatic rings. The SMILES string of the molecule is COc1c(S(=O)(=O)c2ccccc2)cnc2c(F)cccc12. The summed E-state index contributed by atoms with van der Waals surface area (Å²) in [6.45, 7) is 0. The number of halogens is 1. The van der Waals surface area contributed by atoms with Crippen LogP contribution in [-0.2, 0) is 9.84 Å². The van der Waals surface area contributed by atoms with Crippen LogP contribution in [0.5, 0.6) is 5.75 Å². The second-order valence-electron chi connectivity index (χ2n) is 4.61. The number of ether oxygens (including phenoxy) is 1. The molecular weight excluding hydrogens is 305 g/mol. The standard InChI is InChI=1S/C16H12FNO3S/c1-21-16-12-8-5-9-13(17)15(12)18-10-14(16)22(19,20)11-6-3-2-4-7-11/h2-10H,1H3. The van der Waals surface area contributed by atoms with Crippen molar-refractivity contribution >= 4 is 20.7 Å². The topological polar surface area (TPSA) is 56.3 Å². The van der Waals surface area contributed by atoms with Gasteiger partial charge in [0.15, 0.2) is 0 Å². The number of benzene rings is 2. The highest BCUT2D eigenvalue weighted by atomic mass is 32.2. The van der Waals surface area contributed by atoms with Crippen LogP contribution in [-0.4, -0.2) is 20.5 Å². The number of aromatic nitrogens is 1. The molecule has 3 rings (SSSR count). The fourth-order valence-electron chi connectivity index (χ4n) is 2.27. The van der Waals surface area contributed by atoms with Crippen molar-refractivity contribution in [2.24, 2.45) is 0 Å². The highest BCUT2D eigenvalue weighted by molar-refractivity contribution is 7.91. The quantitative estimate of drug-likeness (QED) is 0.744. The molecule has 0 N–H and O–H groups in total. The molecule has 22 heavy (non-hydrogen) atoms. The summed E-state index contributed by atoms with van der Waals surface area (Å²) in [5.74, 6) is -0.437. The molecule has 0 aliphatic carbocycles. The van der Waals surface area contributed by atoms with E-state index in [2.05, 4.69) is 4.98 Å². The Hall–Kier alpha value is -2.47. The molecule has 0 atom stereocenters.